The van der Waals surface area contributed by atoms with Gasteiger partial charge in [0, 0.05) is 12.5 Å². The van der Waals surface area contributed by atoms with Gasteiger partial charge in [-0.05, 0) is 126 Å². The van der Waals surface area contributed by atoms with Gasteiger partial charge in [-0.3, -0.25) is 10.3 Å². The molecule has 1 heterocycles. The number of ether oxygens (including phenoxy) is 2. The van der Waals surface area contributed by atoms with Gasteiger partial charge >= 0.3 is 0 Å². The van der Waals surface area contributed by atoms with E-state index in [1.54, 1.807) is 0 Å². The van der Waals surface area contributed by atoms with Crippen LogP contribution in [0.4, 0.5) is 0 Å². The summed E-state index contributed by atoms with van der Waals surface area (Å²) in [6.07, 6.45) is 8.93. The first-order chi connectivity index (χ1) is 19.5. The molecule has 1 radical (unpaired) electrons. The Labute approximate surface area is 247 Å². The van der Waals surface area contributed by atoms with Gasteiger partial charge in [-0.1, -0.05) is 26.0 Å². The van der Waals surface area contributed by atoms with Crippen LogP contribution in [0.2, 0.25) is 0 Å². The van der Waals surface area contributed by atoms with Crippen LogP contribution in [0.3, 0.4) is 0 Å². The first-order valence-corrected chi connectivity index (χ1v) is 14.9. The van der Waals surface area contributed by atoms with Gasteiger partial charge < -0.3 is 24.1 Å². The van der Waals surface area contributed by atoms with E-state index in [2.05, 4.69) is 88.9 Å². The van der Waals surface area contributed by atoms with Gasteiger partial charge in [0.25, 0.3) is 5.95 Å². The fraction of sp³-hybridized carbons (Fsp3) is 0.529. The van der Waals surface area contributed by atoms with Gasteiger partial charge in [-0.15, -0.1) is 0 Å². The van der Waals surface area contributed by atoms with E-state index in [4.69, 9.17) is 18.9 Å². The number of fused-ring (bicyclic) bond motifs is 1. The molecule has 2 N–H and O–H groups in total. The normalized spacial score (nSPS) is 17.6. The van der Waals surface area contributed by atoms with Crippen LogP contribution in [-0.2, 0) is 23.2 Å². The number of hydrogen-bond acceptors (Lipinski definition) is 7. The second-order valence-corrected chi connectivity index (χ2v) is 12.3. The highest BCUT2D eigenvalue weighted by molar-refractivity contribution is 5.99. The highest BCUT2D eigenvalue weighted by atomic mass is 16.6. The molecule has 7 nitrogen and oxygen atoms in total. The summed E-state index contributed by atoms with van der Waals surface area (Å²) in [5, 5.41) is 6.94. The number of furan rings is 1. The summed E-state index contributed by atoms with van der Waals surface area (Å²) < 4.78 is 18.1. The monoisotopic (exact) mass is 561 g/mol. The van der Waals surface area contributed by atoms with Crippen molar-refractivity contribution < 1.29 is 13.9 Å². The van der Waals surface area contributed by atoms with Crippen molar-refractivity contribution in [2.45, 2.75) is 85.4 Å². The second-order valence-electron chi connectivity index (χ2n) is 12.3. The fourth-order valence-corrected chi connectivity index (χ4v) is 5.50. The highest BCUT2D eigenvalue weighted by Crippen LogP contribution is 2.40. The Morgan fingerprint density at radius 1 is 1.20 bits per heavy atom. The molecule has 0 aliphatic heterocycles. The van der Waals surface area contributed by atoms with Gasteiger partial charge in [0.05, 0.1) is 17.6 Å². The van der Waals surface area contributed by atoms with Gasteiger partial charge in [0.2, 0.25) is 0 Å². The molecule has 1 aromatic carbocycles. The third-order valence-corrected chi connectivity index (χ3v) is 7.93. The predicted molar refractivity (Wildman–Crippen MR) is 168 cm³/mol. The van der Waals surface area contributed by atoms with E-state index in [0.717, 1.165) is 54.4 Å². The van der Waals surface area contributed by atoms with Crippen molar-refractivity contribution >= 4 is 5.71 Å². The summed E-state index contributed by atoms with van der Waals surface area (Å²) in [4.78, 5) is 7.08. The van der Waals surface area contributed by atoms with Crippen molar-refractivity contribution in [3.63, 3.8) is 0 Å². The van der Waals surface area contributed by atoms with Crippen molar-refractivity contribution in [2.75, 3.05) is 33.9 Å². The Morgan fingerprint density at radius 2 is 1.98 bits per heavy atom. The van der Waals surface area contributed by atoms with Crippen molar-refractivity contribution in [2.24, 2.45) is 4.99 Å². The van der Waals surface area contributed by atoms with Crippen LogP contribution in [0.15, 0.2) is 56.6 Å². The maximum absolute atomic E-state index is 6.19. The Hall–Kier alpha value is -2.87. The molecule has 2 aromatic rings. The van der Waals surface area contributed by atoms with Gasteiger partial charge in [0.15, 0.2) is 0 Å². The minimum Gasteiger partial charge on any atom is -0.428 e. The third-order valence-electron chi connectivity index (χ3n) is 7.93. The first kappa shape index (κ1) is 31.1. The van der Waals surface area contributed by atoms with Crippen molar-refractivity contribution in [3.05, 3.63) is 76.1 Å². The largest absolute Gasteiger partial charge is 0.428 e. The van der Waals surface area contributed by atoms with E-state index in [1.807, 2.05) is 19.1 Å². The number of rotatable bonds is 15. The minimum absolute atomic E-state index is 0.0335. The fourth-order valence-electron chi connectivity index (χ4n) is 5.50. The molecule has 41 heavy (non-hydrogen) atoms. The van der Waals surface area contributed by atoms with E-state index < -0.39 is 0 Å². The molecule has 0 amide bonds. The Balaban J connectivity index is 1.30. The SMILES string of the molecule is CC(=N/C(C)NCCCN(C)C)/C(NCOCc1ccc(Oc2cc3c(cc2C)CCCC3(C)C)o1)=C(\C)C1=C[CH]1. The Kier molecular flexibility index (Phi) is 10.5. The zero-order chi connectivity index (χ0) is 29.6. The molecule has 223 valence electrons. The van der Waals surface area contributed by atoms with Crippen LogP contribution in [-0.4, -0.2) is 50.7 Å². The molecular formula is C34H49N4O3. The van der Waals surface area contributed by atoms with Crippen molar-refractivity contribution in [1.29, 1.82) is 0 Å². The molecular weight excluding hydrogens is 512 g/mol. The van der Waals surface area contributed by atoms with Crippen LogP contribution < -0.4 is 15.4 Å². The standard InChI is InChI=1S/C34H49N4O3/c1-23-19-28-11-9-16-34(5,6)30(28)20-31(23)41-32-15-14-29(40-32)21-39-22-36-33(24(2)27-12-13-27)25(3)37-26(4)35-17-10-18-38(7)8/h12-15,19-20,26,35-36H,9-11,16-18,21-22H2,1-8H3/b33-24-,37-25-. The van der Waals surface area contributed by atoms with Crippen LogP contribution >= 0.6 is 0 Å². The summed E-state index contributed by atoms with van der Waals surface area (Å²) >= 11 is 0. The lowest BCUT2D eigenvalue weighted by Crippen LogP contribution is -2.30. The van der Waals surface area contributed by atoms with Crippen LogP contribution in [0.1, 0.15) is 76.3 Å². The van der Waals surface area contributed by atoms with Crippen LogP contribution in [0, 0.1) is 13.3 Å². The number of benzene rings is 1. The summed E-state index contributed by atoms with van der Waals surface area (Å²) in [5.41, 5.74) is 8.49. The number of nitrogens with one attached hydrogen (secondary N) is 2. The first-order valence-electron chi connectivity index (χ1n) is 14.9. The lowest BCUT2D eigenvalue weighted by Gasteiger charge is -2.33. The number of aryl methyl sites for hydroxylation is 2. The van der Waals surface area contributed by atoms with Crippen LogP contribution in [0.25, 0.3) is 0 Å². The van der Waals surface area contributed by atoms with E-state index in [9.17, 15) is 0 Å². The summed E-state index contributed by atoms with van der Waals surface area (Å²) in [7, 11) is 4.19. The number of allylic oxidation sites excluding steroid dienone is 4. The number of aliphatic imine (C=N–C) groups is 1. The molecule has 0 saturated heterocycles. The quantitative estimate of drug-likeness (QED) is 0.141. The molecule has 0 saturated carbocycles. The molecule has 1 unspecified atom stereocenters. The lowest BCUT2D eigenvalue weighted by molar-refractivity contribution is 0.0946. The Morgan fingerprint density at radius 3 is 2.71 bits per heavy atom. The second kappa shape index (κ2) is 13.9. The maximum Gasteiger partial charge on any atom is 0.290 e. The number of nitrogens with zero attached hydrogens (tertiary/aromatic N) is 2. The van der Waals surface area contributed by atoms with E-state index in [0.29, 0.717) is 19.3 Å². The molecule has 0 fully saturated rings. The molecule has 2 aliphatic carbocycles. The Bertz CT molecular complexity index is 1280. The lowest BCUT2D eigenvalue weighted by atomic mass is 9.72. The molecule has 1 atom stereocenters. The third kappa shape index (κ3) is 8.81. The van der Waals surface area contributed by atoms with Crippen molar-refractivity contribution in [1.82, 2.24) is 15.5 Å². The van der Waals surface area contributed by atoms with Gasteiger partial charge in [0.1, 0.15) is 24.8 Å². The molecule has 0 spiro atoms. The topological polar surface area (TPSA) is 71.3 Å². The van der Waals surface area contributed by atoms with Gasteiger partial charge in [-0.25, -0.2) is 0 Å². The van der Waals surface area contributed by atoms with E-state index in [-0.39, 0.29) is 11.6 Å². The molecule has 0 bridgehead atoms. The highest BCUT2D eigenvalue weighted by Gasteiger charge is 2.28. The van der Waals surface area contributed by atoms with E-state index in [1.165, 1.54) is 35.1 Å². The zero-order valence-corrected chi connectivity index (χ0v) is 26.3. The van der Waals surface area contributed by atoms with Crippen LogP contribution in [0.5, 0.6) is 11.7 Å². The maximum atomic E-state index is 6.19. The summed E-state index contributed by atoms with van der Waals surface area (Å²) in [6.45, 7) is 15.7. The molecule has 1 aromatic heterocycles. The zero-order valence-electron chi connectivity index (χ0n) is 26.3. The molecule has 2 aliphatic rings. The molecule has 4 rings (SSSR count). The average Bonchev–Trinajstić information content (AvgIpc) is 3.66. The van der Waals surface area contributed by atoms with Crippen molar-refractivity contribution in [3.8, 4) is 11.7 Å². The van der Waals surface area contributed by atoms with E-state index >= 15 is 0 Å². The van der Waals surface area contributed by atoms with Gasteiger partial charge in [-0.2, -0.15) is 0 Å². The summed E-state index contributed by atoms with van der Waals surface area (Å²) in [5.74, 6) is 2.06. The smallest absolute Gasteiger partial charge is 0.290 e. The molecule has 7 heteroatoms. The predicted octanol–water partition coefficient (Wildman–Crippen LogP) is 6.82. The summed E-state index contributed by atoms with van der Waals surface area (Å²) in [6, 6.07) is 8.26. The average molecular weight is 562 g/mol. The minimum atomic E-state index is 0.0335. The number of hydrogen-bond donors (Lipinski definition) is 2.